The van der Waals surface area contributed by atoms with E-state index in [1.807, 2.05) is 26.0 Å². The third-order valence-electron chi connectivity index (χ3n) is 3.48. The normalized spacial score (nSPS) is 11.7. The Bertz CT molecular complexity index is 775. The molecule has 0 radical (unpaired) electrons. The highest BCUT2D eigenvalue weighted by Crippen LogP contribution is 2.25. The van der Waals surface area contributed by atoms with Crippen molar-refractivity contribution >= 4 is 10.0 Å². The van der Waals surface area contributed by atoms with E-state index in [1.165, 1.54) is 0 Å². The van der Waals surface area contributed by atoms with E-state index in [4.69, 9.17) is 4.74 Å². The van der Waals surface area contributed by atoms with Crippen LogP contribution in [0.2, 0.25) is 0 Å². The summed E-state index contributed by atoms with van der Waals surface area (Å²) in [7, 11) is -2.04. The smallest absolute Gasteiger partial charge is 0.244 e. The molecule has 1 heterocycles. The van der Waals surface area contributed by atoms with Crippen molar-refractivity contribution in [1.29, 1.82) is 0 Å². The van der Waals surface area contributed by atoms with Crippen molar-refractivity contribution in [3.8, 4) is 5.75 Å². The number of nitrogens with zero attached hydrogens (tertiary/aromatic N) is 1. The predicted molar refractivity (Wildman–Crippen MR) is 84.6 cm³/mol. The largest absolute Gasteiger partial charge is 0.496 e. The molecule has 2 aromatic rings. The van der Waals surface area contributed by atoms with Gasteiger partial charge in [-0.1, -0.05) is 17.7 Å². The van der Waals surface area contributed by atoms with Crippen LogP contribution in [-0.4, -0.2) is 25.7 Å². The average molecular weight is 323 g/mol. The van der Waals surface area contributed by atoms with E-state index in [0.717, 1.165) is 16.7 Å². The highest BCUT2D eigenvalue weighted by atomic mass is 32.2. The maximum Gasteiger partial charge on any atom is 0.244 e. The lowest BCUT2D eigenvalue weighted by Gasteiger charge is -2.14. The van der Waals surface area contributed by atoms with E-state index in [-0.39, 0.29) is 11.4 Å². The van der Waals surface area contributed by atoms with Gasteiger partial charge in [0, 0.05) is 12.1 Å². The summed E-state index contributed by atoms with van der Waals surface area (Å²) in [5, 5.41) is 6.62. The summed E-state index contributed by atoms with van der Waals surface area (Å²) in [5.41, 5.74) is 3.83. The van der Waals surface area contributed by atoms with Gasteiger partial charge in [-0.2, -0.15) is 5.10 Å². The van der Waals surface area contributed by atoms with Gasteiger partial charge in [-0.05, 0) is 33.3 Å². The highest BCUT2D eigenvalue weighted by molar-refractivity contribution is 7.89. The first-order valence-corrected chi connectivity index (χ1v) is 8.40. The maximum absolute atomic E-state index is 12.5. The molecule has 0 saturated carbocycles. The summed E-state index contributed by atoms with van der Waals surface area (Å²) in [6, 6.07) is 3.92. The number of sulfonamides is 1. The topological polar surface area (TPSA) is 84.1 Å². The maximum atomic E-state index is 12.5. The second-order valence-corrected chi connectivity index (χ2v) is 7.07. The van der Waals surface area contributed by atoms with Gasteiger partial charge in [0.2, 0.25) is 10.0 Å². The standard InChI is InChI=1S/C15H21N3O3S/c1-9-6-10(2)14(21-5)13(7-9)8-16-22(19,20)15-11(3)17-18-12(15)4/h6-7,16H,8H2,1-5H3,(H,17,18). The Morgan fingerprint density at radius 3 is 2.45 bits per heavy atom. The SMILES string of the molecule is COc1c(C)cc(C)cc1CNS(=O)(=O)c1c(C)n[nH]c1C. The molecule has 0 bridgehead atoms. The van der Waals surface area contributed by atoms with Crippen molar-refractivity contribution in [3.05, 3.63) is 40.2 Å². The molecule has 0 atom stereocenters. The van der Waals surface area contributed by atoms with E-state index in [0.29, 0.717) is 17.1 Å². The summed E-state index contributed by atoms with van der Waals surface area (Å²) < 4.78 is 32.9. The van der Waals surface area contributed by atoms with Crippen LogP contribution in [0.15, 0.2) is 17.0 Å². The van der Waals surface area contributed by atoms with Crippen LogP contribution in [0.5, 0.6) is 5.75 Å². The number of aromatic nitrogens is 2. The van der Waals surface area contributed by atoms with Crippen molar-refractivity contribution in [2.75, 3.05) is 7.11 Å². The molecule has 120 valence electrons. The lowest BCUT2D eigenvalue weighted by molar-refractivity contribution is 0.406. The van der Waals surface area contributed by atoms with Gasteiger partial charge in [-0.15, -0.1) is 0 Å². The molecular weight excluding hydrogens is 302 g/mol. The van der Waals surface area contributed by atoms with Crippen LogP contribution in [0.4, 0.5) is 0 Å². The Morgan fingerprint density at radius 2 is 1.91 bits per heavy atom. The Balaban J connectivity index is 2.31. The molecule has 2 N–H and O–H groups in total. The molecule has 22 heavy (non-hydrogen) atoms. The number of benzene rings is 1. The van der Waals surface area contributed by atoms with E-state index >= 15 is 0 Å². The van der Waals surface area contributed by atoms with Crippen LogP contribution in [0.3, 0.4) is 0 Å². The minimum absolute atomic E-state index is 0.165. The number of aromatic amines is 1. The van der Waals surface area contributed by atoms with E-state index in [1.54, 1.807) is 21.0 Å². The summed E-state index contributed by atoms with van der Waals surface area (Å²) in [6.07, 6.45) is 0. The van der Waals surface area contributed by atoms with Gasteiger partial charge >= 0.3 is 0 Å². The van der Waals surface area contributed by atoms with Crippen LogP contribution in [0, 0.1) is 27.7 Å². The molecule has 0 spiro atoms. The van der Waals surface area contributed by atoms with Gasteiger partial charge in [0.25, 0.3) is 0 Å². The molecule has 0 aliphatic rings. The van der Waals surface area contributed by atoms with Crippen LogP contribution in [0.25, 0.3) is 0 Å². The number of methoxy groups -OCH3 is 1. The number of ether oxygens (including phenoxy) is 1. The number of aryl methyl sites for hydroxylation is 4. The zero-order chi connectivity index (χ0) is 16.5. The molecule has 0 fully saturated rings. The fourth-order valence-electron chi connectivity index (χ4n) is 2.65. The minimum atomic E-state index is -3.63. The molecule has 1 aromatic carbocycles. The van der Waals surface area contributed by atoms with Gasteiger partial charge < -0.3 is 4.74 Å². The Labute approximate surface area is 130 Å². The molecule has 0 aliphatic carbocycles. The molecule has 0 amide bonds. The number of rotatable bonds is 5. The van der Waals surface area contributed by atoms with Gasteiger partial charge in [-0.3, -0.25) is 5.10 Å². The van der Waals surface area contributed by atoms with E-state index < -0.39 is 10.0 Å². The predicted octanol–water partition coefficient (Wildman–Crippen LogP) is 2.13. The Kier molecular flexibility index (Phi) is 4.58. The molecule has 0 unspecified atom stereocenters. The fraction of sp³-hybridized carbons (Fsp3) is 0.400. The van der Waals surface area contributed by atoms with Crippen LogP contribution < -0.4 is 9.46 Å². The molecule has 0 aliphatic heterocycles. The van der Waals surface area contributed by atoms with Gasteiger partial charge in [0.1, 0.15) is 10.6 Å². The first-order valence-electron chi connectivity index (χ1n) is 6.91. The molecule has 1 aromatic heterocycles. The second kappa shape index (κ2) is 6.10. The quantitative estimate of drug-likeness (QED) is 0.883. The van der Waals surface area contributed by atoms with Crippen molar-refractivity contribution < 1.29 is 13.2 Å². The second-order valence-electron chi connectivity index (χ2n) is 5.36. The van der Waals surface area contributed by atoms with Gasteiger partial charge in [0.15, 0.2) is 0 Å². The highest BCUT2D eigenvalue weighted by Gasteiger charge is 2.22. The van der Waals surface area contributed by atoms with E-state index in [2.05, 4.69) is 14.9 Å². The summed E-state index contributed by atoms with van der Waals surface area (Å²) in [4.78, 5) is 0.204. The third-order valence-corrected chi connectivity index (χ3v) is 5.15. The van der Waals surface area contributed by atoms with Crippen molar-refractivity contribution in [1.82, 2.24) is 14.9 Å². The zero-order valence-electron chi connectivity index (χ0n) is 13.4. The lowest BCUT2D eigenvalue weighted by Crippen LogP contribution is -2.24. The molecule has 6 nitrogen and oxygen atoms in total. The first-order chi connectivity index (χ1) is 10.3. The fourth-order valence-corrected chi connectivity index (χ4v) is 4.02. The van der Waals surface area contributed by atoms with Crippen molar-refractivity contribution in [3.63, 3.8) is 0 Å². The number of hydrogen-bond acceptors (Lipinski definition) is 4. The van der Waals surface area contributed by atoms with Crippen LogP contribution in [0.1, 0.15) is 28.1 Å². The molecule has 0 saturated heterocycles. The van der Waals surface area contributed by atoms with E-state index in [9.17, 15) is 8.42 Å². The average Bonchev–Trinajstić information content (AvgIpc) is 2.76. The van der Waals surface area contributed by atoms with Crippen molar-refractivity contribution in [2.45, 2.75) is 39.1 Å². The summed E-state index contributed by atoms with van der Waals surface area (Å²) in [6.45, 7) is 7.42. The summed E-state index contributed by atoms with van der Waals surface area (Å²) in [5.74, 6) is 0.703. The number of hydrogen-bond donors (Lipinski definition) is 2. The first kappa shape index (κ1) is 16.5. The zero-order valence-corrected chi connectivity index (χ0v) is 14.3. The summed E-state index contributed by atoms with van der Waals surface area (Å²) >= 11 is 0. The molecule has 2 rings (SSSR count). The number of nitrogens with one attached hydrogen (secondary N) is 2. The van der Waals surface area contributed by atoms with Crippen LogP contribution >= 0.6 is 0 Å². The number of H-pyrrole nitrogens is 1. The Morgan fingerprint density at radius 1 is 1.23 bits per heavy atom. The van der Waals surface area contributed by atoms with Gasteiger partial charge in [0.05, 0.1) is 18.5 Å². The van der Waals surface area contributed by atoms with Crippen molar-refractivity contribution in [2.24, 2.45) is 0 Å². The third kappa shape index (κ3) is 3.15. The molecular formula is C15H21N3O3S. The lowest BCUT2D eigenvalue weighted by atomic mass is 10.1. The van der Waals surface area contributed by atoms with Gasteiger partial charge in [-0.25, -0.2) is 13.1 Å². The minimum Gasteiger partial charge on any atom is -0.496 e. The molecule has 7 heteroatoms. The monoisotopic (exact) mass is 323 g/mol. The van der Waals surface area contributed by atoms with Crippen LogP contribution in [-0.2, 0) is 16.6 Å². The Hall–Kier alpha value is -1.86.